The molecule has 1 heterocycles. The van der Waals surface area contributed by atoms with E-state index in [4.69, 9.17) is 4.42 Å². The highest BCUT2D eigenvalue weighted by Gasteiger charge is 2.27. The lowest BCUT2D eigenvalue weighted by Crippen LogP contribution is -2.20. The lowest BCUT2D eigenvalue weighted by molar-refractivity contribution is -0.173. The van der Waals surface area contributed by atoms with E-state index in [1.165, 1.54) is 0 Å². The fourth-order valence-corrected chi connectivity index (χ4v) is 1.28. The van der Waals surface area contributed by atoms with Crippen LogP contribution in [0.1, 0.15) is 25.0 Å². The number of nitrogens with zero attached hydrogens (tertiary/aromatic N) is 1. The van der Waals surface area contributed by atoms with E-state index < -0.39 is 12.8 Å². The molecule has 104 valence electrons. The van der Waals surface area contributed by atoms with E-state index >= 15 is 0 Å². The van der Waals surface area contributed by atoms with Crippen molar-refractivity contribution >= 4 is 0 Å². The van der Waals surface area contributed by atoms with Gasteiger partial charge in [-0.2, -0.15) is 13.2 Å². The molecule has 0 fully saturated rings. The molecule has 0 aliphatic carbocycles. The number of ether oxygens (including phenoxy) is 1. The van der Waals surface area contributed by atoms with Gasteiger partial charge in [0.2, 0.25) is 5.89 Å². The lowest BCUT2D eigenvalue weighted by atomic mass is 10.4. The van der Waals surface area contributed by atoms with Crippen LogP contribution < -0.4 is 5.32 Å². The number of hydrogen-bond acceptors (Lipinski definition) is 4. The summed E-state index contributed by atoms with van der Waals surface area (Å²) in [5.74, 6) is 1.41. The first-order valence-electron chi connectivity index (χ1n) is 5.80. The Morgan fingerprint density at radius 1 is 1.44 bits per heavy atom. The van der Waals surface area contributed by atoms with Crippen molar-refractivity contribution in [2.24, 2.45) is 0 Å². The summed E-state index contributed by atoms with van der Waals surface area (Å²) in [5.41, 5.74) is 0. The Labute approximate surface area is 104 Å². The molecule has 1 aromatic heterocycles. The van der Waals surface area contributed by atoms with Gasteiger partial charge in [0.15, 0.2) is 0 Å². The van der Waals surface area contributed by atoms with E-state index in [1.54, 1.807) is 6.20 Å². The first-order valence-corrected chi connectivity index (χ1v) is 5.80. The zero-order chi connectivity index (χ0) is 13.4. The summed E-state index contributed by atoms with van der Waals surface area (Å²) in [7, 11) is 0. The minimum Gasteiger partial charge on any atom is -0.444 e. The zero-order valence-electron chi connectivity index (χ0n) is 10.2. The Morgan fingerprint density at radius 3 is 2.83 bits per heavy atom. The summed E-state index contributed by atoms with van der Waals surface area (Å²) in [6, 6.07) is 0. The molecule has 0 aromatic carbocycles. The van der Waals surface area contributed by atoms with Crippen LogP contribution in [0.4, 0.5) is 13.2 Å². The Balaban J connectivity index is 1.99. The zero-order valence-corrected chi connectivity index (χ0v) is 10.2. The van der Waals surface area contributed by atoms with Gasteiger partial charge in [0.25, 0.3) is 0 Å². The third-order valence-corrected chi connectivity index (χ3v) is 2.13. The second-order valence-corrected chi connectivity index (χ2v) is 3.77. The van der Waals surface area contributed by atoms with Gasteiger partial charge in [-0.05, 0) is 13.0 Å². The standard InChI is InChI=1S/C11H17F3N2O2/c1-2-9-6-16-10(18-9)7-15-4-3-5-17-8-11(12,13)14/h6,15H,2-5,7-8H2,1H3. The van der Waals surface area contributed by atoms with Crippen molar-refractivity contribution in [1.29, 1.82) is 0 Å². The quantitative estimate of drug-likeness (QED) is 0.733. The highest BCUT2D eigenvalue weighted by Crippen LogP contribution is 2.14. The lowest BCUT2D eigenvalue weighted by Gasteiger charge is -2.07. The van der Waals surface area contributed by atoms with Crippen LogP contribution >= 0.6 is 0 Å². The molecule has 0 aliphatic heterocycles. The van der Waals surface area contributed by atoms with Crippen molar-refractivity contribution in [2.45, 2.75) is 32.5 Å². The largest absolute Gasteiger partial charge is 0.444 e. The van der Waals surface area contributed by atoms with Crippen molar-refractivity contribution in [3.63, 3.8) is 0 Å². The van der Waals surface area contributed by atoms with Crippen molar-refractivity contribution in [3.05, 3.63) is 17.8 Å². The molecule has 0 spiro atoms. The summed E-state index contributed by atoms with van der Waals surface area (Å²) < 4.78 is 45.0. The third kappa shape index (κ3) is 6.61. The van der Waals surface area contributed by atoms with Gasteiger partial charge in [0, 0.05) is 13.0 Å². The summed E-state index contributed by atoms with van der Waals surface area (Å²) in [6.07, 6.45) is -1.28. The maximum absolute atomic E-state index is 11.7. The van der Waals surface area contributed by atoms with Crippen LogP contribution in [0.3, 0.4) is 0 Å². The molecule has 0 unspecified atom stereocenters. The van der Waals surface area contributed by atoms with E-state index in [1.807, 2.05) is 6.92 Å². The molecule has 0 saturated heterocycles. The molecule has 0 aliphatic rings. The van der Waals surface area contributed by atoms with Crippen LogP contribution in [0.5, 0.6) is 0 Å². The Bertz CT molecular complexity index is 339. The molecule has 18 heavy (non-hydrogen) atoms. The van der Waals surface area contributed by atoms with Crippen LogP contribution in [0, 0.1) is 0 Å². The molecular formula is C11H17F3N2O2. The minimum atomic E-state index is -4.25. The minimum absolute atomic E-state index is 0.0817. The van der Waals surface area contributed by atoms with E-state index in [9.17, 15) is 13.2 Å². The summed E-state index contributed by atoms with van der Waals surface area (Å²) in [6.45, 7) is 1.89. The van der Waals surface area contributed by atoms with Crippen molar-refractivity contribution in [2.75, 3.05) is 19.8 Å². The van der Waals surface area contributed by atoms with Crippen LogP contribution in [0.15, 0.2) is 10.6 Å². The third-order valence-electron chi connectivity index (χ3n) is 2.13. The maximum Gasteiger partial charge on any atom is 0.411 e. The molecule has 7 heteroatoms. The highest BCUT2D eigenvalue weighted by atomic mass is 19.4. The molecule has 0 saturated carbocycles. The molecular weight excluding hydrogens is 249 g/mol. The van der Waals surface area contributed by atoms with E-state index in [2.05, 4.69) is 15.0 Å². The van der Waals surface area contributed by atoms with Crippen molar-refractivity contribution in [1.82, 2.24) is 10.3 Å². The Morgan fingerprint density at radius 2 is 2.22 bits per heavy atom. The smallest absolute Gasteiger partial charge is 0.411 e. The average molecular weight is 266 g/mol. The van der Waals surface area contributed by atoms with Gasteiger partial charge in [0.05, 0.1) is 12.7 Å². The van der Waals surface area contributed by atoms with Crippen molar-refractivity contribution < 1.29 is 22.3 Å². The second-order valence-electron chi connectivity index (χ2n) is 3.77. The number of halogens is 3. The molecule has 0 atom stereocenters. The number of nitrogens with one attached hydrogen (secondary N) is 1. The van der Waals surface area contributed by atoms with Crippen LogP contribution in [-0.2, 0) is 17.7 Å². The number of aryl methyl sites for hydroxylation is 1. The van der Waals surface area contributed by atoms with Crippen LogP contribution in [0.25, 0.3) is 0 Å². The second kappa shape index (κ2) is 7.38. The van der Waals surface area contributed by atoms with E-state index in [0.29, 0.717) is 25.4 Å². The van der Waals surface area contributed by atoms with E-state index in [0.717, 1.165) is 12.2 Å². The molecule has 0 radical (unpaired) electrons. The van der Waals surface area contributed by atoms with E-state index in [-0.39, 0.29) is 6.61 Å². The number of aromatic nitrogens is 1. The van der Waals surface area contributed by atoms with Gasteiger partial charge in [0.1, 0.15) is 12.4 Å². The van der Waals surface area contributed by atoms with Crippen molar-refractivity contribution in [3.8, 4) is 0 Å². The fraction of sp³-hybridized carbons (Fsp3) is 0.727. The summed E-state index contributed by atoms with van der Waals surface area (Å²) in [4.78, 5) is 4.04. The highest BCUT2D eigenvalue weighted by molar-refractivity contribution is 4.93. The SMILES string of the molecule is CCc1cnc(CNCCCOCC(F)(F)F)o1. The van der Waals surface area contributed by atoms with Crippen LogP contribution in [0.2, 0.25) is 0 Å². The first kappa shape index (κ1) is 15.0. The molecule has 1 rings (SSSR count). The number of alkyl halides is 3. The average Bonchev–Trinajstić information content (AvgIpc) is 2.74. The van der Waals surface area contributed by atoms with Gasteiger partial charge in [-0.15, -0.1) is 0 Å². The number of oxazole rings is 1. The van der Waals surface area contributed by atoms with Gasteiger partial charge in [-0.25, -0.2) is 4.98 Å². The van der Waals surface area contributed by atoms with Crippen LogP contribution in [-0.4, -0.2) is 30.9 Å². The summed E-state index contributed by atoms with van der Waals surface area (Å²) in [5, 5.41) is 3.02. The summed E-state index contributed by atoms with van der Waals surface area (Å²) >= 11 is 0. The fourth-order valence-electron chi connectivity index (χ4n) is 1.28. The number of hydrogen-bond donors (Lipinski definition) is 1. The predicted octanol–water partition coefficient (Wildman–Crippen LogP) is 2.30. The molecule has 0 amide bonds. The van der Waals surface area contributed by atoms with Gasteiger partial charge in [-0.1, -0.05) is 6.92 Å². The Kier molecular flexibility index (Phi) is 6.14. The predicted molar refractivity (Wildman–Crippen MR) is 59.1 cm³/mol. The van der Waals surface area contributed by atoms with Gasteiger partial charge < -0.3 is 14.5 Å². The molecule has 1 aromatic rings. The monoisotopic (exact) mass is 266 g/mol. The molecule has 0 bridgehead atoms. The van der Waals surface area contributed by atoms with Gasteiger partial charge in [-0.3, -0.25) is 0 Å². The first-order chi connectivity index (χ1) is 8.51. The topological polar surface area (TPSA) is 47.3 Å². The normalized spacial score (nSPS) is 12.0. The van der Waals surface area contributed by atoms with Gasteiger partial charge >= 0.3 is 6.18 Å². The molecule has 4 nitrogen and oxygen atoms in total. The maximum atomic E-state index is 11.7. The number of rotatable bonds is 8. The molecule has 1 N–H and O–H groups in total. The Hall–Kier alpha value is -1.08.